The first-order chi connectivity index (χ1) is 7.89. The van der Waals surface area contributed by atoms with E-state index in [1.807, 2.05) is 0 Å². The van der Waals surface area contributed by atoms with Crippen LogP contribution in [0.25, 0.3) is 0 Å². The second kappa shape index (κ2) is 4.63. The van der Waals surface area contributed by atoms with Crippen LogP contribution in [0.2, 0.25) is 0 Å². The topological polar surface area (TPSA) is 0 Å². The zero-order chi connectivity index (χ0) is 12.6. The van der Waals surface area contributed by atoms with E-state index in [4.69, 9.17) is 0 Å². The Hall–Kier alpha value is -0.520. The van der Waals surface area contributed by atoms with E-state index in [1.165, 1.54) is 25.7 Å². The molecule has 17 heavy (non-hydrogen) atoms. The Balaban J connectivity index is 1.97. The zero-order valence-electron chi connectivity index (χ0n) is 12.2. The van der Waals surface area contributed by atoms with Gasteiger partial charge in [-0.25, -0.2) is 0 Å². The largest absolute Gasteiger partial charge is 0.0848 e. The van der Waals surface area contributed by atoms with Crippen molar-refractivity contribution in [2.24, 2.45) is 23.2 Å². The van der Waals surface area contributed by atoms with Crippen molar-refractivity contribution in [3.05, 3.63) is 23.3 Å². The second-order valence-corrected chi connectivity index (χ2v) is 7.07. The highest BCUT2D eigenvalue weighted by molar-refractivity contribution is 5.18. The van der Waals surface area contributed by atoms with Gasteiger partial charge < -0.3 is 0 Å². The molecule has 2 aliphatic carbocycles. The summed E-state index contributed by atoms with van der Waals surface area (Å²) in [5.41, 5.74) is 3.67. The van der Waals surface area contributed by atoms with Gasteiger partial charge >= 0.3 is 0 Å². The van der Waals surface area contributed by atoms with Gasteiger partial charge in [0.05, 0.1) is 0 Å². The molecule has 0 heterocycles. The van der Waals surface area contributed by atoms with Gasteiger partial charge in [-0.3, -0.25) is 0 Å². The second-order valence-electron chi connectivity index (χ2n) is 7.07. The van der Waals surface area contributed by atoms with Crippen LogP contribution in [0.5, 0.6) is 0 Å². The summed E-state index contributed by atoms with van der Waals surface area (Å²) < 4.78 is 0. The minimum absolute atomic E-state index is 0.443. The van der Waals surface area contributed by atoms with Gasteiger partial charge in [0.1, 0.15) is 0 Å². The zero-order valence-corrected chi connectivity index (χ0v) is 12.2. The molecule has 0 aromatic rings. The normalized spacial score (nSPS) is 36.6. The molecular weight excluding hydrogens is 204 g/mol. The molecule has 0 radical (unpaired) electrons. The lowest BCUT2D eigenvalue weighted by molar-refractivity contribution is 0.218. The first-order valence-electron chi connectivity index (χ1n) is 7.24. The maximum atomic E-state index is 2.47. The van der Waals surface area contributed by atoms with Crippen LogP contribution in [0.1, 0.15) is 60.3 Å². The summed E-state index contributed by atoms with van der Waals surface area (Å²) in [6, 6.07) is 0. The Labute approximate surface area is 107 Å². The summed E-state index contributed by atoms with van der Waals surface area (Å²) in [6.07, 6.45) is 10.4. The first-order valence-corrected chi connectivity index (χ1v) is 7.24. The molecule has 0 aromatic carbocycles. The molecule has 2 rings (SSSR count). The summed E-state index contributed by atoms with van der Waals surface area (Å²) >= 11 is 0. The maximum Gasteiger partial charge on any atom is -0.0116 e. The van der Waals surface area contributed by atoms with Crippen LogP contribution in [-0.2, 0) is 0 Å². The predicted octanol–water partition coefficient (Wildman–Crippen LogP) is 5.36. The van der Waals surface area contributed by atoms with Crippen LogP contribution in [0.15, 0.2) is 23.3 Å². The third kappa shape index (κ3) is 2.67. The Morgan fingerprint density at radius 1 is 1.29 bits per heavy atom. The molecule has 0 nitrogen and oxygen atoms in total. The van der Waals surface area contributed by atoms with Crippen LogP contribution < -0.4 is 0 Å². The van der Waals surface area contributed by atoms with Crippen molar-refractivity contribution in [3.8, 4) is 0 Å². The van der Waals surface area contributed by atoms with Crippen LogP contribution in [0.4, 0.5) is 0 Å². The van der Waals surface area contributed by atoms with Crippen LogP contribution in [-0.4, -0.2) is 0 Å². The number of hydrogen-bond acceptors (Lipinski definition) is 0. The fourth-order valence-electron chi connectivity index (χ4n) is 3.86. The summed E-state index contributed by atoms with van der Waals surface area (Å²) in [6.45, 7) is 11.9. The summed E-state index contributed by atoms with van der Waals surface area (Å²) in [4.78, 5) is 0. The molecule has 0 N–H and O–H groups in total. The van der Waals surface area contributed by atoms with Gasteiger partial charge in [-0.05, 0) is 62.7 Å². The molecule has 0 saturated carbocycles. The Morgan fingerprint density at radius 2 is 2.00 bits per heavy atom. The van der Waals surface area contributed by atoms with Crippen LogP contribution >= 0.6 is 0 Å². The number of allylic oxidation sites excluding steroid dienone is 4. The van der Waals surface area contributed by atoms with Gasteiger partial charge in [0, 0.05) is 0 Å². The maximum absolute atomic E-state index is 2.47. The highest BCUT2D eigenvalue weighted by Crippen LogP contribution is 2.47. The van der Waals surface area contributed by atoms with Crippen molar-refractivity contribution in [1.82, 2.24) is 0 Å². The summed E-state index contributed by atoms with van der Waals surface area (Å²) in [5, 5.41) is 0. The van der Waals surface area contributed by atoms with E-state index in [9.17, 15) is 0 Å². The number of rotatable bonds is 2. The molecule has 0 heteroatoms. The minimum Gasteiger partial charge on any atom is -0.0848 e. The molecule has 2 aliphatic rings. The van der Waals surface area contributed by atoms with Gasteiger partial charge in [-0.2, -0.15) is 0 Å². The summed E-state index contributed by atoms with van der Waals surface area (Å²) in [7, 11) is 0. The van der Waals surface area contributed by atoms with Gasteiger partial charge in [0.25, 0.3) is 0 Å². The first kappa shape index (κ1) is 12.9. The summed E-state index contributed by atoms with van der Waals surface area (Å²) in [5.74, 6) is 2.61. The molecule has 0 spiro atoms. The van der Waals surface area contributed by atoms with E-state index in [0.29, 0.717) is 5.41 Å². The van der Waals surface area contributed by atoms with E-state index in [-0.39, 0.29) is 0 Å². The van der Waals surface area contributed by atoms with Crippen molar-refractivity contribution < 1.29 is 0 Å². The molecule has 96 valence electrons. The third-order valence-corrected chi connectivity index (χ3v) is 5.25. The third-order valence-electron chi connectivity index (χ3n) is 5.25. The standard InChI is InChI=1S/C17H28/c1-12-8-13(2)10-15(9-12)11-16-7-6-14(3)17(16,4)5/h6,8,12,15-16H,7,9-11H2,1-5H3. The smallest absolute Gasteiger partial charge is 0.0116 e. The Morgan fingerprint density at radius 3 is 2.53 bits per heavy atom. The predicted molar refractivity (Wildman–Crippen MR) is 75.9 cm³/mol. The van der Waals surface area contributed by atoms with Gasteiger partial charge in [0.2, 0.25) is 0 Å². The van der Waals surface area contributed by atoms with Crippen molar-refractivity contribution >= 4 is 0 Å². The molecule has 0 bridgehead atoms. The van der Waals surface area contributed by atoms with E-state index in [0.717, 1.165) is 17.8 Å². The van der Waals surface area contributed by atoms with Crippen molar-refractivity contribution in [3.63, 3.8) is 0 Å². The van der Waals surface area contributed by atoms with Crippen molar-refractivity contribution in [1.29, 1.82) is 0 Å². The molecule has 0 saturated heterocycles. The molecule has 0 fully saturated rings. The van der Waals surface area contributed by atoms with Gasteiger partial charge in [0.15, 0.2) is 0 Å². The van der Waals surface area contributed by atoms with E-state index < -0.39 is 0 Å². The lowest BCUT2D eigenvalue weighted by atomic mass is 9.70. The van der Waals surface area contributed by atoms with Crippen LogP contribution in [0.3, 0.4) is 0 Å². The highest BCUT2D eigenvalue weighted by atomic mass is 14.4. The Kier molecular flexibility index (Phi) is 3.52. The average molecular weight is 232 g/mol. The fourth-order valence-corrected chi connectivity index (χ4v) is 3.86. The van der Waals surface area contributed by atoms with E-state index in [2.05, 4.69) is 46.8 Å². The van der Waals surface area contributed by atoms with Crippen LogP contribution in [0, 0.1) is 23.2 Å². The number of hydrogen-bond donors (Lipinski definition) is 0. The van der Waals surface area contributed by atoms with Gasteiger partial charge in [-0.1, -0.05) is 44.1 Å². The Bertz CT molecular complexity index is 343. The lowest BCUT2D eigenvalue weighted by Gasteiger charge is -2.34. The van der Waals surface area contributed by atoms with Crippen molar-refractivity contribution in [2.75, 3.05) is 0 Å². The minimum atomic E-state index is 0.443. The average Bonchev–Trinajstić information content (AvgIpc) is 2.43. The lowest BCUT2D eigenvalue weighted by Crippen LogP contribution is -2.24. The quantitative estimate of drug-likeness (QED) is 0.562. The fraction of sp³-hybridized carbons (Fsp3) is 0.765. The molecular formula is C17H28. The molecule has 0 aromatic heterocycles. The highest BCUT2D eigenvalue weighted by Gasteiger charge is 2.36. The van der Waals surface area contributed by atoms with E-state index in [1.54, 1.807) is 11.1 Å². The van der Waals surface area contributed by atoms with Gasteiger partial charge in [-0.15, -0.1) is 0 Å². The SMILES string of the molecule is CC1=CC(C)CC(CC2CC=C(C)C2(C)C)C1. The monoisotopic (exact) mass is 232 g/mol. The molecule has 3 atom stereocenters. The molecule has 0 amide bonds. The van der Waals surface area contributed by atoms with Crippen molar-refractivity contribution in [2.45, 2.75) is 60.3 Å². The molecule has 0 aliphatic heterocycles. The van der Waals surface area contributed by atoms with E-state index >= 15 is 0 Å². The molecule has 3 unspecified atom stereocenters.